The first-order chi connectivity index (χ1) is 16.1. The highest BCUT2D eigenvalue weighted by atomic mass is 32.1. The van der Waals surface area contributed by atoms with E-state index >= 15 is 0 Å². The van der Waals surface area contributed by atoms with Crippen LogP contribution < -0.4 is 4.90 Å². The Morgan fingerprint density at radius 3 is 2.52 bits per heavy atom. The Kier molecular flexibility index (Phi) is 4.89. The van der Waals surface area contributed by atoms with Gasteiger partial charge in [-0.1, -0.05) is 12.1 Å². The molecule has 0 aliphatic carbocycles. The largest absolute Gasteiger partial charge is 0.368 e. The smallest absolute Gasteiger partial charge is 0.137 e. The van der Waals surface area contributed by atoms with E-state index in [9.17, 15) is 0 Å². The van der Waals surface area contributed by atoms with Crippen molar-refractivity contribution in [3.05, 3.63) is 66.7 Å². The molecular weight excluding hydrogens is 428 g/mol. The van der Waals surface area contributed by atoms with Gasteiger partial charge in [-0.15, -0.1) is 11.3 Å². The Morgan fingerprint density at radius 1 is 0.939 bits per heavy atom. The van der Waals surface area contributed by atoms with Gasteiger partial charge in [0.25, 0.3) is 0 Å². The highest BCUT2D eigenvalue weighted by Crippen LogP contribution is 2.33. The summed E-state index contributed by atoms with van der Waals surface area (Å²) in [6.45, 7) is 6.73. The van der Waals surface area contributed by atoms with E-state index in [1.807, 2.05) is 12.4 Å². The normalized spacial score (nSPS) is 19.5. The molecule has 0 unspecified atom stereocenters. The van der Waals surface area contributed by atoms with Crippen LogP contribution in [0.1, 0.15) is 13.8 Å². The van der Waals surface area contributed by atoms with Crippen LogP contribution >= 0.6 is 11.3 Å². The number of imidazole rings is 1. The van der Waals surface area contributed by atoms with Crippen molar-refractivity contribution in [2.45, 2.75) is 25.9 Å². The summed E-state index contributed by atoms with van der Waals surface area (Å²) in [5.74, 6) is 0. The summed E-state index contributed by atoms with van der Waals surface area (Å²) in [5.41, 5.74) is 7.72. The highest BCUT2D eigenvalue weighted by molar-refractivity contribution is 7.17. The van der Waals surface area contributed by atoms with Crippen LogP contribution in [0, 0.1) is 0 Å². The van der Waals surface area contributed by atoms with Crippen LogP contribution in [-0.2, 0) is 0 Å². The van der Waals surface area contributed by atoms with Gasteiger partial charge in [-0.2, -0.15) is 0 Å². The van der Waals surface area contributed by atoms with Crippen molar-refractivity contribution in [1.82, 2.24) is 24.3 Å². The quantitative estimate of drug-likeness (QED) is 0.375. The monoisotopic (exact) mass is 454 g/mol. The summed E-state index contributed by atoms with van der Waals surface area (Å²) >= 11 is 1.66. The Morgan fingerprint density at radius 2 is 1.73 bits per heavy atom. The summed E-state index contributed by atoms with van der Waals surface area (Å²) in [7, 11) is 2.22. The second-order valence-electron chi connectivity index (χ2n) is 8.99. The van der Waals surface area contributed by atoms with Crippen LogP contribution in [0.2, 0.25) is 0 Å². The maximum absolute atomic E-state index is 4.69. The van der Waals surface area contributed by atoms with Gasteiger partial charge < -0.3 is 4.90 Å². The molecule has 33 heavy (non-hydrogen) atoms. The minimum absolute atomic E-state index is 0.553. The zero-order valence-electron chi connectivity index (χ0n) is 19.0. The third-order valence-corrected chi connectivity index (χ3v) is 7.86. The molecule has 1 saturated heterocycles. The number of fused-ring (bicyclic) bond motifs is 2. The van der Waals surface area contributed by atoms with Crippen LogP contribution in [-0.4, -0.2) is 56.5 Å². The summed E-state index contributed by atoms with van der Waals surface area (Å²) in [5, 5.41) is 2.13. The van der Waals surface area contributed by atoms with Crippen molar-refractivity contribution >= 4 is 32.9 Å². The van der Waals surface area contributed by atoms with Gasteiger partial charge in [0, 0.05) is 54.2 Å². The first-order valence-electron chi connectivity index (χ1n) is 11.3. The molecule has 0 radical (unpaired) electrons. The van der Waals surface area contributed by atoms with Gasteiger partial charge in [-0.3, -0.25) is 9.30 Å². The second kappa shape index (κ2) is 7.93. The molecule has 0 amide bonds. The molecule has 0 bridgehead atoms. The van der Waals surface area contributed by atoms with E-state index in [2.05, 4.69) is 93.0 Å². The van der Waals surface area contributed by atoms with Gasteiger partial charge in [0.1, 0.15) is 12.0 Å². The van der Waals surface area contributed by atoms with Gasteiger partial charge in [-0.05, 0) is 56.3 Å². The molecule has 1 fully saturated rings. The fourth-order valence-corrected chi connectivity index (χ4v) is 5.68. The summed E-state index contributed by atoms with van der Waals surface area (Å²) in [4.78, 5) is 18.3. The zero-order chi connectivity index (χ0) is 22.5. The van der Waals surface area contributed by atoms with E-state index in [4.69, 9.17) is 4.98 Å². The number of likely N-dealkylation sites (N-methyl/N-ethyl adjacent to an activating group) is 1. The lowest BCUT2D eigenvalue weighted by Gasteiger charge is -2.43. The number of benzene rings is 1. The summed E-state index contributed by atoms with van der Waals surface area (Å²) < 4.78 is 3.22. The van der Waals surface area contributed by atoms with E-state index in [1.165, 1.54) is 16.8 Å². The van der Waals surface area contributed by atoms with Gasteiger partial charge in [0.05, 0.1) is 22.1 Å². The molecule has 6 nitrogen and oxygen atoms in total. The predicted octanol–water partition coefficient (Wildman–Crippen LogP) is 5.20. The van der Waals surface area contributed by atoms with Gasteiger partial charge >= 0.3 is 0 Å². The minimum atomic E-state index is 0.553. The Bertz CT molecular complexity index is 1420. The molecule has 6 rings (SSSR count). The highest BCUT2D eigenvalue weighted by Gasteiger charge is 2.26. The number of thiophene rings is 1. The molecule has 166 valence electrons. The van der Waals surface area contributed by atoms with Gasteiger partial charge in [0.15, 0.2) is 0 Å². The molecule has 2 atom stereocenters. The number of hydrogen-bond acceptors (Lipinski definition) is 6. The van der Waals surface area contributed by atoms with Gasteiger partial charge in [0.2, 0.25) is 0 Å². The Hall–Kier alpha value is -3.29. The third-order valence-electron chi connectivity index (χ3n) is 6.95. The number of rotatable bonds is 3. The third kappa shape index (κ3) is 3.48. The van der Waals surface area contributed by atoms with Crippen LogP contribution in [0.25, 0.3) is 38.2 Å². The molecule has 7 heteroatoms. The number of aromatic nitrogens is 4. The number of pyridine rings is 1. The van der Waals surface area contributed by atoms with Crippen molar-refractivity contribution in [3.8, 4) is 22.4 Å². The molecule has 0 saturated carbocycles. The standard InChI is InChI=1S/C26H26N6S/c1-17-13-31(14-18(2)30(17)3)21-6-4-19(5-7-21)20-8-9-32-23(11-28-25(32)10-20)22-15-33-24-12-27-16-29-26(22)24/h4-12,15-18H,13-14H2,1-3H3/t17-,18+. The summed E-state index contributed by atoms with van der Waals surface area (Å²) in [6.07, 6.45) is 7.51. The zero-order valence-corrected chi connectivity index (χ0v) is 19.8. The van der Waals surface area contributed by atoms with E-state index in [0.29, 0.717) is 12.1 Å². The van der Waals surface area contributed by atoms with Crippen molar-refractivity contribution in [2.24, 2.45) is 0 Å². The molecule has 5 aromatic rings. The minimum Gasteiger partial charge on any atom is -0.368 e. The first-order valence-corrected chi connectivity index (χ1v) is 12.2. The van der Waals surface area contributed by atoms with Crippen molar-refractivity contribution in [1.29, 1.82) is 0 Å². The van der Waals surface area contributed by atoms with Crippen molar-refractivity contribution < 1.29 is 0 Å². The molecule has 5 heterocycles. The van der Waals surface area contributed by atoms with E-state index in [1.54, 1.807) is 17.7 Å². The number of nitrogens with zero attached hydrogens (tertiary/aromatic N) is 6. The number of anilines is 1. The number of piperazine rings is 1. The molecule has 1 aliphatic heterocycles. The van der Waals surface area contributed by atoms with E-state index < -0.39 is 0 Å². The fraction of sp³-hybridized carbons (Fsp3) is 0.269. The average Bonchev–Trinajstić information content (AvgIpc) is 3.46. The predicted molar refractivity (Wildman–Crippen MR) is 136 cm³/mol. The molecule has 4 aromatic heterocycles. The number of hydrogen-bond donors (Lipinski definition) is 0. The lowest BCUT2D eigenvalue weighted by atomic mass is 10.0. The summed E-state index contributed by atoms with van der Waals surface area (Å²) in [6, 6.07) is 14.4. The lowest BCUT2D eigenvalue weighted by Crippen LogP contribution is -2.55. The first kappa shape index (κ1) is 20.3. The average molecular weight is 455 g/mol. The van der Waals surface area contributed by atoms with Gasteiger partial charge in [-0.25, -0.2) is 15.0 Å². The molecule has 0 spiro atoms. The van der Waals surface area contributed by atoms with Crippen molar-refractivity contribution in [2.75, 3.05) is 25.0 Å². The fourth-order valence-electron chi connectivity index (χ4n) is 4.80. The maximum atomic E-state index is 4.69. The van der Waals surface area contributed by atoms with Crippen molar-refractivity contribution in [3.63, 3.8) is 0 Å². The van der Waals surface area contributed by atoms with E-state index in [0.717, 1.165) is 40.2 Å². The second-order valence-corrected chi connectivity index (χ2v) is 9.90. The topological polar surface area (TPSA) is 49.6 Å². The molecular formula is C26H26N6S. The molecule has 1 aliphatic rings. The van der Waals surface area contributed by atoms with Crippen LogP contribution in [0.3, 0.4) is 0 Å². The Balaban J connectivity index is 1.30. The van der Waals surface area contributed by atoms with Crippen LogP contribution in [0.4, 0.5) is 5.69 Å². The Labute approximate surface area is 197 Å². The van der Waals surface area contributed by atoms with E-state index in [-0.39, 0.29) is 0 Å². The maximum Gasteiger partial charge on any atom is 0.137 e. The van der Waals surface area contributed by atoms with Crippen LogP contribution in [0.15, 0.2) is 66.7 Å². The molecule has 0 N–H and O–H groups in total. The molecule has 1 aromatic carbocycles. The lowest BCUT2D eigenvalue weighted by molar-refractivity contribution is 0.170. The SMILES string of the molecule is C[C@@H]1CN(c2ccc(-c3ccn4c(-c5csc6cncnc56)cnc4c3)cc2)C[C@H](C)N1C. The van der Waals surface area contributed by atoms with Crippen LogP contribution in [0.5, 0.6) is 0 Å².